The molecule has 9 nitrogen and oxygen atoms in total. The van der Waals surface area contributed by atoms with Crippen molar-refractivity contribution in [3.05, 3.63) is 65.4 Å². The van der Waals surface area contributed by atoms with Gasteiger partial charge in [0, 0.05) is 35.5 Å². The third kappa shape index (κ3) is 5.66. The molecule has 41 heavy (non-hydrogen) atoms. The van der Waals surface area contributed by atoms with Crippen LogP contribution in [0.2, 0.25) is 0 Å². The molecule has 5 rings (SSSR count). The van der Waals surface area contributed by atoms with Gasteiger partial charge in [0.2, 0.25) is 5.91 Å². The summed E-state index contributed by atoms with van der Waals surface area (Å²) < 4.78 is 11.5. The fourth-order valence-corrected chi connectivity index (χ4v) is 5.24. The number of carbonyl (C=O) groups excluding carboxylic acids is 2. The normalized spacial score (nSPS) is 18.3. The maximum atomic E-state index is 12.8. The lowest BCUT2D eigenvalue weighted by Crippen LogP contribution is -2.37. The van der Waals surface area contributed by atoms with Crippen LogP contribution in [0.15, 0.2) is 58.7 Å². The molecule has 0 saturated carbocycles. The Kier molecular flexibility index (Phi) is 8.06. The number of methoxy groups -OCH3 is 1. The van der Waals surface area contributed by atoms with E-state index in [0.29, 0.717) is 19.6 Å². The zero-order valence-corrected chi connectivity index (χ0v) is 24.4. The molecular formula is C32H37N5O4. The summed E-state index contributed by atoms with van der Waals surface area (Å²) in [6, 6.07) is 15.7. The van der Waals surface area contributed by atoms with Gasteiger partial charge in [0.1, 0.15) is 17.0 Å². The van der Waals surface area contributed by atoms with Crippen molar-refractivity contribution in [2.75, 3.05) is 20.3 Å². The van der Waals surface area contributed by atoms with E-state index in [1.54, 1.807) is 12.1 Å². The Bertz CT molecular complexity index is 1530. The number of ether oxygens (including phenoxy) is 2. The summed E-state index contributed by atoms with van der Waals surface area (Å²) in [6.45, 7) is 8.90. The fourth-order valence-electron chi connectivity index (χ4n) is 5.24. The Morgan fingerprint density at radius 1 is 1.05 bits per heavy atom. The number of fused-ring (bicyclic) bond motifs is 1. The molecule has 2 amide bonds. The zero-order valence-electron chi connectivity index (χ0n) is 24.4. The zero-order chi connectivity index (χ0) is 29.1. The number of pyridine rings is 1. The van der Waals surface area contributed by atoms with E-state index < -0.39 is 5.41 Å². The van der Waals surface area contributed by atoms with Crippen LogP contribution in [0.3, 0.4) is 0 Å². The van der Waals surface area contributed by atoms with Gasteiger partial charge < -0.3 is 9.47 Å². The third-order valence-electron chi connectivity index (χ3n) is 7.79. The minimum absolute atomic E-state index is 0.00201. The van der Waals surface area contributed by atoms with Crippen molar-refractivity contribution in [2.45, 2.75) is 53.4 Å². The highest BCUT2D eigenvalue weighted by Crippen LogP contribution is 2.32. The van der Waals surface area contributed by atoms with E-state index in [4.69, 9.17) is 19.6 Å². The average Bonchev–Trinajstić information content (AvgIpc) is 3.24. The number of hydrogen-bond acceptors (Lipinski definition) is 7. The van der Waals surface area contributed by atoms with Gasteiger partial charge in [-0.25, -0.2) is 15.4 Å². The number of nitrogens with one attached hydrogen (secondary N) is 1. The maximum absolute atomic E-state index is 12.8. The molecular weight excluding hydrogens is 518 g/mol. The molecule has 3 heterocycles. The molecule has 1 aromatic heterocycles. The second kappa shape index (κ2) is 11.7. The van der Waals surface area contributed by atoms with E-state index in [-0.39, 0.29) is 17.7 Å². The first-order valence-corrected chi connectivity index (χ1v) is 14.2. The fraction of sp³-hybridized carbons (Fsp3) is 0.406. The van der Waals surface area contributed by atoms with Crippen molar-refractivity contribution in [2.24, 2.45) is 21.5 Å². The third-order valence-corrected chi connectivity index (χ3v) is 7.79. The van der Waals surface area contributed by atoms with Crippen molar-refractivity contribution in [1.82, 2.24) is 15.4 Å². The monoisotopic (exact) mass is 555 g/mol. The summed E-state index contributed by atoms with van der Waals surface area (Å²) in [7, 11) is 1.65. The van der Waals surface area contributed by atoms with Crippen LogP contribution >= 0.6 is 0 Å². The first-order valence-electron chi connectivity index (χ1n) is 14.2. The Balaban J connectivity index is 1.21. The van der Waals surface area contributed by atoms with E-state index >= 15 is 0 Å². The van der Waals surface area contributed by atoms with Crippen LogP contribution in [0.25, 0.3) is 10.9 Å². The van der Waals surface area contributed by atoms with Crippen molar-refractivity contribution in [3.8, 4) is 11.5 Å². The quantitative estimate of drug-likeness (QED) is 0.351. The molecule has 0 fully saturated rings. The lowest BCUT2D eigenvalue weighted by atomic mass is 9.84. The van der Waals surface area contributed by atoms with E-state index in [0.717, 1.165) is 69.9 Å². The van der Waals surface area contributed by atoms with Crippen LogP contribution in [0.4, 0.5) is 0 Å². The molecule has 1 unspecified atom stereocenters. The van der Waals surface area contributed by atoms with E-state index in [2.05, 4.69) is 23.5 Å². The van der Waals surface area contributed by atoms with Gasteiger partial charge in [0.05, 0.1) is 30.6 Å². The molecule has 9 heteroatoms. The molecule has 1 atom stereocenters. The first kappa shape index (κ1) is 28.3. The predicted molar refractivity (Wildman–Crippen MR) is 159 cm³/mol. The highest BCUT2D eigenvalue weighted by molar-refractivity contribution is 6.19. The number of aromatic nitrogens is 1. The van der Waals surface area contributed by atoms with Gasteiger partial charge in [-0.2, -0.15) is 10.2 Å². The maximum Gasteiger partial charge on any atom is 0.251 e. The summed E-state index contributed by atoms with van der Waals surface area (Å²) in [6.07, 6.45) is 2.79. The SMILES string of the molecule is CCc1ccc2c(C3=NN(CCCCOc4ccc(C5=NNC(=O)C5(C)C)cc4)C(=O)CC3C)ccc(OC)c2n1. The largest absolute Gasteiger partial charge is 0.494 e. The van der Waals surface area contributed by atoms with Gasteiger partial charge in [-0.3, -0.25) is 9.59 Å². The highest BCUT2D eigenvalue weighted by Gasteiger charge is 2.39. The smallest absolute Gasteiger partial charge is 0.251 e. The van der Waals surface area contributed by atoms with Crippen LogP contribution < -0.4 is 14.9 Å². The molecule has 1 N–H and O–H groups in total. The van der Waals surface area contributed by atoms with Crippen molar-refractivity contribution in [1.29, 1.82) is 0 Å². The van der Waals surface area contributed by atoms with Crippen LogP contribution in [0.5, 0.6) is 11.5 Å². The van der Waals surface area contributed by atoms with Crippen molar-refractivity contribution in [3.63, 3.8) is 0 Å². The Morgan fingerprint density at radius 2 is 1.83 bits per heavy atom. The number of aryl methyl sites for hydroxylation is 1. The molecule has 0 bridgehead atoms. The summed E-state index contributed by atoms with van der Waals surface area (Å²) in [5, 5.41) is 11.6. The second-order valence-electron chi connectivity index (χ2n) is 11.1. The molecule has 3 aromatic rings. The molecule has 0 saturated heterocycles. The van der Waals surface area contributed by atoms with Gasteiger partial charge in [-0.1, -0.05) is 19.9 Å². The van der Waals surface area contributed by atoms with E-state index in [1.807, 2.05) is 63.2 Å². The Morgan fingerprint density at radius 3 is 2.51 bits per heavy atom. The standard InChI is InChI=1S/C32H37N5O4/c1-6-22-11-14-25-24(15-16-26(40-5)29(25)33-22)28-20(2)19-27(38)37(36-28)17-7-8-18-41-23-12-9-21(10-13-23)30-32(3,4)31(39)35-34-30/h9-16,20H,6-8,17-19H2,1-5H3,(H,35,39). The van der Waals surface area contributed by atoms with Crippen LogP contribution in [0.1, 0.15) is 63.8 Å². The number of carbonyl (C=O) groups is 2. The van der Waals surface area contributed by atoms with E-state index in [1.165, 1.54) is 0 Å². The molecule has 0 radical (unpaired) electrons. The molecule has 214 valence electrons. The molecule has 2 aliphatic heterocycles. The van der Waals surface area contributed by atoms with Gasteiger partial charge >= 0.3 is 0 Å². The van der Waals surface area contributed by atoms with Crippen LogP contribution in [-0.4, -0.2) is 53.5 Å². The molecule has 2 aliphatic rings. The first-order chi connectivity index (χ1) is 19.7. The number of hydrogen-bond donors (Lipinski definition) is 1. The number of benzene rings is 2. The van der Waals surface area contributed by atoms with Crippen LogP contribution in [0, 0.1) is 11.3 Å². The minimum Gasteiger partial charge on any atom is -0.494 e. The van der Waals surface area contributed by atoms with Gasteiger partial charge in [-0.05, 0) is 81.1 Å². The van der Waals surface area contributed by atoms with Crippen molar-refractivity contribution < 1.29 is 19.1 Å². The van der Waals surface area contributed by atoms with Gasteiger partial charge in [0.15, 0.2) is 0 Å². The summed E-state index contributed by atoms with van der Waals surface area (Å²) in [5.74, 6) is 1.41. The van der Waals surface area contributed by atoms with Crippen LogP contribution in [-0.2, 0) is 16.0 Å². The average molecular weight is 556 g/mol. The number of rotatable bonds is 10. The highest BCUT2D eigenvalue weighted by atomic mass is 16.5. The number of nitrogens with zero attached hydrogens (tertiary/aromatic N) is 4. The minimum atomic E-state index is -0.662. The second-order valence-corrected chi connectivity index (χ2v) is 11.1. The lowest BCUT2D eigenvalue weighted by molar-refractivity contribution is -0.132. The van der Waals surface area contributed by atoms with Crippen molar-refractivity contribution >= 4 is 34.1 Å². The molecule has 0 spiro atoms. The Hall–Kier alpha value is -4.27. The van der Waals surface area contributed by atoms with Gasteiger partial charge in [-0.15, -0.1) is 0 Å². The summed E-state index contributed by atoms with van der Waals surface area (Å²) in [4.78, 5) is 29.7. The summed E-state index contributed by atoms with van der Waals surface area (Å²) in [5.41, 5.74) is 7.20. The lowest BCUT2D eigenvalue weighted by Gasteiger charge is -2.28. The van der Waals surface area contributed by atoms with E-state index in [9.17, 15) is 9.59 Å². The topological polar surface area (TPSA) is 105 Å². The summed E-state index contributed by atoms with van der Waals surface area (Å²) >= 11 is 0. The van der Waals surface area contributed by atoms with Gasteiger partial charge in [0.25, 0.3) is 5.91 Å². The Labute approximate surface area is 240 Å². The molecule has 2 aromatic carbocycles. The molecule has 0 aliphatic carbocycles. The predicted octanol–water partition coefficient (Wildman–Crippen LogP) is 5.10. The number of hydrazone groups is 2. The number of unbranched alkanes of at least 4 members (excludes halogenated alkanes) is 1. The number of amides is 2.